The van der Waals surface area contributed by atoms with E-state index < -0.39 is 0 Å². The highest BCUT2D eigenvalue weighted by molar-refractivity contribution is 4.87. The SMILES string of the molecule is COCCCCC(C)(CNC1CC1)C(C)C. The molecule has 0 heterocycles. The van der Waals surface area contributed by atoms with E-state index in [2.05, 4.69) is 26.1 Å². The van der Waals surface area contributed by atoms with Gasteiger partial charge < -0.3 is 10.1 Å². The van der Waals surface area contributed by atoms with Gasteiger partial charge in [0, 0.05) is 26.3 Å². The monoisotopic (exact) mass is 227 g/mol. The molecular weight excluding hydrogens is 198 g/mol. The summed E-state index contributed by atoms with van der Waals surface area (Å²) in [6.45, 7) is 9.22. The predicted octanol–water partition coefficient (Wildman–Crippen LogP) is 3.22. The topological polar surface area (TPSA) is 21.3 Å². The second-order valence-electron chi connectivity index (χ2n) is 5.91. The molecule has 0 radical (unpaired) electrons. The molecule has 0 aromatic carbocycles. The molecule has 0 aromatic heterocycles. The van der Waals surface area contributed by atoms with Gasteiger partial charge in [-0.15, -0.1) is 0 Å². The first kappa shape index (κ1) is 14.0. The molecule has 2 nitrogen and oxygen atoms in total. The first-order chi connectivity index (χ1) is 7.58. The van der Waals surface area contributed by atoms with E-state index in [0.29, 0.717) is 5.41 Å². The maximum atomic E-state index is 5.11. The summed E-state index contributed by atoms with van der Waals surface area (Å²) in [5.41, 5.74) is 0.455. The molecule has 1 fully saturated rings. The molecule has 0 spiro atoms. The molecule has 1 aliphatic rings. The van der Waals surface area contributed by atoms with Crippen molar-refractivity contribution >= 4 is 0 Å². The molecule has 1 N–H and O–H groups in total. The maximum absolute atomic E-state index is 5.11. The highest BCUT2D eigenvalue weighted by Gasteiger charge is 2.30. The van der Waals surface area contributed by atoms with Crippen molar-refractivity contribution in [3.8, 4) is 0 Å². The van der Waals surface area contributed by atoms with Crippen LogP contribution < -0.4 is 5.32 Å². The lowest BCUT2D eigenvalue weighted by atomic mass is 9.75. The van der Waals surface area contributed by atoms with Crippen molar-refractivity contribution in [2.24, 2.45) is 11.3 Å². The van der Waals surface area contributed by atoms with Gasteiger partial charge in [0.15, 0.2) is 0 Å². The Morgan fingerprint density at radius 2 is 2.00 bits per heavy atom. The van der Waals surface area contributed by atoms with Gasteiger partial charge in [-0.3, -0.25) is 0 Å². The van der Waals surface area contributed by atoms with Crippen LogP contribution in [0.4, 0.5) is 0 Å². The van der Waals surface area contributed by atoms with E-state index in [1.807, 2.05) is 0 Å². The first-order valence-corrected chi connectivity index (χ1v) is 6.81. The Balaban J connectivity index is 2.24. The number of hydrogen-bond donors (Lipinski definition) is 1. The van der Waals surface area contributed by atoms with Crippen molar-refractivity contribution in [1.29, 1.82) is 0 Å². The summed E-state index contributed by atoms with van der Waals surface area (Å²) in [5.74, 6) is 0.751. The van der Waals surface area contributed by atoms with Crippen LogP contribution in [0.25, 0.3) is 0 Å². The lowest BCUT2D eigenvalue weighted by Gasteiger charge is -2.34. The minimum atomic E-state index is 0.455. The minimum Gasteiger partial charge on any atom is -0.385 e. The molecule has 96 valence electrons. The smallest absolute Gasteiger partial charge is 0.0462 e. The third-order valence-electron chi connectivity index (χ3n) is 4.11. The molecule has 16 heavy (non-hydrogen) atoms. The van der Waals surface area contributed by atoms with Gasteiger partial charge in [0.25, 0.3) is 0 Å². The zero-order valence-corrected chi connectivity index (χ0v) is 11.5. The quantitative estimate of drug-likeness (QED) is 0.611. The Bertz CT molecular complexity index is 189. The average Bonchev–Trinajstić information content (AvgIpc) is 3.05. The number of ether oxygens (including phenoxy) is 1. The van der Waals surface area contributed by atoms with Gasteiger partial charge in [-0.05, 0) is 37.0 Å². The fourth-order valence-electron chi connectivity index (χ4n) is 2.02. The number of methoxy groups -OCH3 is 1. The Hall–Kier alpha value is -0.0800. The van der Waals surface area contributed by atoms with E-state index in [-0.39, 0.29) is 0 Å². The molecule has 2 heteroatoms. The van der Waals surface area contributed by atoms with Crippen molar-refractivity contribution in [3.05, 3.63) is 0 Å². The Labute approximate surface area is 101 Å². The first-order valence-electron chi connectivity index (χ1n) is 6.81. The van der Waals surface area contributed by atoms with Gasteiger partial charge in [0.2, 0.25) is 0 Å². The molecule has 1 aliphatic carbocycles. The van der Waals surface area contributed by atoms with Crippen LogP contribution in [-0.2, 0) is 4.74 Å². The molecular formula is C14H29NO. The lowest BCUT2D eigenvalue weighted by Crippen LogP contribution is -2.37. The van der Waals surface area contributed by atoms with Crippen molar-refractivity contribution < 1.29 is 4.74 Å². The van der Waals surface area contributed by atoms with Crippen LogP contribution in [-0.4, -0.2) is 26.3 Å². The van der Waals surface area contributed by atoms with Gasteiger partial charge in [-0.2, -0.15) is 0 Å². The lowest BCUT2D eigenvalue weighted by molar-refractivity contribution is 0.160. The molecule has 0 aliphatic heterocycles. The summed E-state index contributed by atoms with van der Waals surface area (Å²) in [7, 11) is 1.79. The third-order valence-corrected chi connectivity index (χ3v) is 4.11. The molecule has 0 bridgehead atoms. The van der Waals surface area contributed by atoms with Crippen LogP contribution in [0.3, 0.4) is 0 Å². The van der Waals surface area contributed by atoms with Crippen molar-refractivity contribution in [2.75, 3.05) is 20.3 Å². The summed E-state index contributed by atoms with van der Waals surface area (Å²) in [4.78, 5) is 0. The summed E-state index contributed by atoms with van der Waals surface area (Å²) in [6, 6.07) is 0.831. The Kier molecular flexibility index (Phi) is 5.77. The number of unbranched alkanes of at least 4 members (excludes halogenated alkanes) is 1. The Morgan fingerprint density at radius 3 is 2.50 bits per heavy atom. The van der Waals surface area contributed by atoms with Crippen LogP contribution in [0.5, 0.6) is 0 Å². The highest BCUT2D eigenvalue weighted by Crippen LogP contribution is 2.33. The standard InChI is InChI=1S/C14H29NO/c1-12(2)14(3,9-5-6-10-16-4)11-15-13-7-8-13/h12-13,15H,5-11H2,1-4H3. The van der Waals surface area contributed by atoms with Gasteiger partial charge in [0.05, 0.1) is 0 Å². The molecule has 1 rings (SSSR count). The predicted molar refractivity (Wildman–Crippen MR) is 69.7 cm³/mol. The maximum Gasteiger partial charge on any atom is 0.0462 e. The molecule has 1 atom stereocenters. The number of hydrogen-bond acceptors (Lipinski definition) is 2. The summed E-state index contributed by atoms with van der Waals surface area (Å²) >= 11 is 0. The van der Waals surface area contributed by atoms with Crippen molar-refractivity contribution in [3.63, 3.8) is 0 Å². The molecule has 1 saturated carbocycles. The normalized spacial score (nSPS) is 20.1. The largest absolute Gasteiger partial charge is 0.385 e. The molecule has 0 aromatic rings. The van der Waals surface area contributed by atoms with Gasteiger partial charge in [-0.1, -0.05) is 27.2 Å². The van der Waals surface area contributed by atoms with Crippen LogP contribution in [0.15, 0.2) is 0 Å². The molecule has 0 amide bonds. The summed E-state index contributed by atoms with van der Waals surface area (Å²) in [5, 5.41) is 3.69. The van der Waals surface area contributed by atoms with Gasteiger partial charge in [0.1, 0.15) is 0 Å². The van der Waals surface area contributed by atoms with E-state index in [1.165, 1.54) is 38.6 Å². The molecule has 0 saturated heterocycles. The van der Waals surface area contributed by atoms with E-state index in [1.54, 1.807) is 7.11 Å². The fourth-order valence-corrected chi connectivity index (χ4v) is 2.02. The Morgan fingerprint density at radius 1 is 1.31 bits per heavy atom. The van der Waals surface area contributed by atoms with Crippen molar-refractivity contribution in [1.82, 2.24) is 5.32 Å². The zero-order valence-electron chi connectivity index (χ0n) is 11.5. The van der Waals surface area contributed by atoms with E-state index in [0.717, 1.165) is 18.6 Å². The van der Waals surface area contributed by atoms with Gasteiger partial charge in [-0.25, -0.2) is 0 Å². The van der Waals surface area contributed by atoms with Crippen LogP contribution in [0.2, 0.25) is 0 Å². The van der Waals surface area contributed by atoms with Crippen LogP contribution in [0, 0.1) is 11.3 Å². The highest BCUT2D eigenvalue weighted by atomic mass is 16.5. The van der Waals surface area contributed by atoms with Gasteiger partial charge >= 0.3 is 0 Å². The zero-order chi connectivity index (χ0) is 12.0. The number of nitrogens with one attached hydrogen (secondary N) is 1. The second kappa shape index (κ2) is 6.61. The van der Waals surface area contributed by atoms with E-state index in [4.69, 9.17) is 4.74 Å². The average molecular weight is 227 g/mol. The summed E-state index contributed by atoms with van der Waals surface area (Å²) in [6.07, 6.45) is 6.57. The fraction of sp³-hybridized carbons (Fsp3) is 1.00. The van der Waals surface area contributed by atoms with Crippen molar-refractivity contribution in [2.45, 2.75) is 58.9 Å². The van der Waals surface area contributed by atoms with Crippen LogP contribution >= 0.6 is 0 Å². The number of rotatable bonds is 9. The summed E-state index contributed by atoms with van der Waals surface area (Å²) < 4.78 is 5.11. The third kappa shape index (κ3) is 4.84. The van der Waals surface area contributed by atoms with E-state index >= 15 is 0 Å². The van der Waals surface area contributed by atoms with Crippen LogP contribution in [0.1, 0.15) is 52.9 Å². The second-order valence-corrected chi connectivity index (χ2v) is 5.91. The van der Waals surface area contributed by atoms with E-state index in [9.17, 15) is 0 Å². The minimum absolute atomic E-state index is 0.455. The molecule has 1 unspecified atom stereocenters.